The number of hydrogen-bond donors (Lipinski definition) is 0. The fraction of sp³-hybridized carbons (Fsp3) is 0.143. The third kappa shape index (κ3) is 1.83. The number of pyridine rings is 1. The molecular formula is C7H4Cl2N2. The maximum Gasteiger partial charge on any atom is 0.146 e. The van der Waals surface area contributed by atoms with Gasteiger partial charge in [-0.25, -0.2) is 4.98 Å². The van der Waals surface area contributed by atoms with Gasteiger partial charge in [-0.05, 0) is 6.07 Å². The number of aromatic nitrogens is 1. The van der Waals surface area contributed by atoms with E-state index in [1.165, 1.54) is 0 Å². The molecule has 0 saturated heterocycles. The van der Waals surface area contributed by atoms with Crippen molar-refractivity contribution in [3.63, 3.8) is 0 Å². The maximum atomic E-state index is 8.54. The Morgan fingerprint density at radius 3 is 2.82 bits per heavy atom. The van der Waals surface area contributed by atoms with Gasteiger partial charge < -0.3 is 0 Å². The van der Waals surface area contributed by atoms with Gasteiger partial charge in [0.1, 0.15) is 16.9 Å². The smallest absolute Gasteiger partial charge is 0.146 e. The van der Waals surface area contributed by atoms with Gasteiger partial charge in [0, 0.05) is 5.56 Å². The first kappa shape index (κ1) is 8.32. The predicted octanol–water partition coefficient (Wildman–Crippen LogP) is 2.35. The average Bonchev–Trinajstić information content (AvgIpc) is 2.04. The Morgan fingerprint density at radius 1 is 1.55 bits per heavy atom. The van der Waals surface area contributed by atoms with Crippen LogP contribution in [0.25, 0.3) is 0 Å². The summed E-state index contributed by atoms with van der Waals surface area (Å²) in [4.78, 5) is 3.78. The lowest BCUT2D eigenvalue weighted by molar-refractivity contribution is 1.19. The van der Waals surface area contributed by atoms with E-state index in [0.29, 0.717) is 16.4 Å². The molecule has 0 spiro atoms. The number of halogens is 2. The van der Waals surface area contributed by atoms with Gasteiger partial charge in [0.15, 0.2) is 0 Å². The summed E-state index contributed by atoms with van der Waals surface area (Å²) in [5.74, 6) is 0.285. The number of nitriles is 1. The van der Waals surface area contributed by atoms with Gasteiger partial charge in [0.25, 0.3) is 0 Å². The van der Waals surface area contributed by atoms with Crippen LogP contribution < -0.4 is 0 Å². The van der Waals surface area contributed by atoms with Crippen LogP contribution in [0.3, 0.4) is 0 Å². The van der Waals surface area contributed by atoms with Crippen molar-refractivity contribution >= 4 is 23.2 Å². The highest BCUT2D eigenvalue weighted by molar-refractivity contribution is 6.29. The summed E-state index contributed by atoms with van der Waals surface area (Å²) < 4.78 is 0. The number of alkyl halides is 1. The van der Waals surface area contributed by atoms with E-state index in [-0.39, 0.29) is 5.88 Å². The van der Waals surface area contributed by atoms with Crippen LogP contribution >= 0.6 is 23.2 Å². The summed E-state index contributed by atoms with van der Waals surface area (Å²) in [6, 6.07) is 5.21. The van der Waals surface area contributed by atoms with Crippen molar-refractivity contribution in [1.82, 2.24) is 4.98 Å². The molecule has 0 unspecified atom stereocenters. The third-order valence-electron chi connectivity index (χ3n) is 1.19. The van der Waals surface area contributed by atoms with Crippen LogP contribution in [0.1, 0.15) is 11.3 Å². The van der Waals surface area contributed by atoms with E-state index in [4.69, 9.17) is 28.5 Å². The highest BCUT2D eigenvalue weighted by Gasteiger charge is 2.01. The lowest BCUT2D eigenvalue weighted by Crippen LogP contribution is -1.89. The van der Waals surface area contributed by atoms with Gasteiger partial charge >= 0.3 is 0 Å². The first-order chi connectivity index (χ1) is 5.27. The Kier molecular flexibility index (Phi) is 2.70. The van der Waals surface area contributed by atoms with Crippen LogP contribution in [-0.2, 0) is 5.88 Å². The molecule has 1 aromatic rings. The van der Waals surface area contributed by atoms with Crippen molar-refractivity contribution in [2.75, 3.05) is 0 Å². The van der Waals surface area contributed by atoms with Gasteiger partial charge in [0.05, 0.1) is 5.88 Å². The summed E-state index contributed by atoms with van der Waals surface area (Å²) in [7, 11) is 0. The molecule has 0 atom stereocenters. The molecule has 0 aliphatic carbocycles. The summed E-state index contributed by atoms with van der Waals surface area (Å²) in [6.07, 6.45) is 0. The van der Waals surface area contributed by atoms with Crippen molar-refractivity contribution in [3.8, 4) is 6.07 Å². The molecule has 1 rings (SSSR count). The maximum absolute atomic E-state index is 8.54. The summed E-state index contributed by atoms with van der Waals surface area (Å²) in [5.41, 5.74) is 1.01. The molecule has 0 saturated carbocycles. The molecule has 0 radical (unpaired) electrons. The quantitative estimate of drug-likeness (QED) is 0.499. The van der Waals surface area contributed by atoms with Gasteiger partial charge in [-0.15, -0.1) is 11.6 Å². The van der Waals surface area contributed by atoms with Gasteiger partial charge in [-0.2, -0.15) is 5.26 Å². The van der Waals surface area contributed by atoms with Crippen molar-refractivity contribution < 1.29 is 0 Å². The zero-order chi connectivity index (χ0) is 8.27. The minimum Gasteiger partial charge on any atom is -0.225 e. The Morgan fingerprint density at radius 2 is 2.27 bits per heavy atom. The van der Waals surface area contributed by atoms with Crippen LogP contribution in [0.5, 0.6) is 0 Å². The Labute approximate surface area is 74.4 Å². The van der Waals surface area contributed by atoms with Crippen LogP contribution in [0.2, 0.25) is 5.15 Å². The van der Waals surface area contributed by atoms with Gasteiger partial charge in [0.2, 0.25) is 0 Å². The second-order valence-electron chi connectivity index (χ2n) is 1.89. The van der Waals surface area contributed by atoms with E-state index >= 15 is 0 Å². The van der Waals surface area contributed by atoms with Crippen LogP contribution in [0.4, 0.5) is 0 Å². The molecule has 11 heavy (non-hydrogen) atoms. The van der Waals surface area contributed by atoms with E-state index in [1.807, 2.05) is 6.07 Å². The molecule has 0 N–H and O–H groups in total. The van der Waals surface area contributed by atoms with E-state index < -0.39 is 0 Å². The SMILES string of the molecule is N#Cc1nc(Cl)ccc1CCl. The molecule has 0 aliphatic heterocycles. The minimum atomic E-state index is 0.285. The second-order valence-corrected chi connectivity index (χ2v) is 2.54. The van der Waals surface area contributed by atoms with Crippen molar-refractivity contribution in [2.24, 2.45) is 0 Å². The van der Waals surface area contributed by atoms with Crippen molar-refractivity contribution in [2.45, 2.75) is 5.88 Å². The Bertz CT molecular complexity index is 304. The van der Waals surface area contributed by atoms with Crippen LogP contribution in [0, 0.1) is 11.3 Å². The molecule has 0 amide bonds. The topological polar surface area (TPSA) is 36.7 Å². The highest BCUT2D eigenvalue weighted by atomic mass is 35.5. The normalized spacial score (nSPS) is 9.18. The molecule has 1 heterocycles. The van der Waals surface area contributed by atoms with Crippen LogP contribution in [-0.4, -0.2) is 4.98 Å². The standard InChI is InChI=1S/C7H4Cl2N2/c8-3-5-1-2-7(9)11-6(5)4-10/h1-2H,3H2. The lowest BCUT2D eigenvalue weighted by atomic mass is 10.2. The van der Waals surface area contributed by atoms with Crippen molar-refractivity contribution in [3.05, 3.63) is 28.5 Å². The first-order valence-corrected chi connectivity index (χ1v) is 3.80. The Balaban J connectivity index is 3.19. The van der Waals surface area contributed by atoms with E-state index in [2.05, 4.69) is 4.98 Å². The summed E-state index contributed by atoms with van der Waals surface area (Å²) in [5, 5.41) is 8.86. The molecular weight excluding hydrogens is 183 g/mol. The molecule has 1 aromatic heterocycles. The third-order valence-corrected chi connectivity index (χ3v) is 1.69. The number of hydrogen-bond acceptors (Lipinski definition) is 2. The molecule has 0 aromatic carbocycles. The summed E-state index contributed by atoms with van der Waals surface area (Å²) in [6.45, 7) is 0. The fourth-order valence-electron chi connectivity index (χ4n) is 0.669. The molecule has 0 fully saturated rings. The van der Waals surface area contributed by atoms with Gasteiger partial charge in [-0.1, -0.05) is 17.7 Å². The molecule has 56 valence electrons. The minimum absolute atomic E-state index is 0.285. The highest BCUT2D eigenvalue weighted by Crippen LogP contribution is 2.12. The van der Waals surface area contributed by atoms with Gasteiger partial charge in [-0.3, -0.25) is 0 Å². The van der Waals surface area contributed by atoms with E-state index in [9.17, 15) is 0 Å². The lowest BCUT2D eigenvalue weighted by Gasteiger charge is -1.96. The first-order valence-electron chi connectivity index (χ1n) is 2.89. The number of nitrogens with zero attached hydrogens (tertiary/aromatic N) is 2. The Hall–Kier alpha value is -0.780. The van der Waals surface area contributed by atoms with E-state index in [1.54, 1.807) is 12.1 Å². The van der Waals surface area contributed by atoms with E-state index in [0.717, 1.165) is 0 Å². The summed E-state index contributed by atoms with van der Waals surface area (Å²) >= 11 is 11.1. The van der Waals surface area contributed by atoms with Crippen molar-refractivity contribution in [1.29, 1.82) is 5.26 Å². The molecule has 4 heteroatoms. The predicted molar refractivity (Wildman–Crippen MR) is 43.5 cm³/mol. The van der Waals surface area contributed by atoms with Crippen LogP contribution in [0.15, 0.2) is 12.1 Å². The fourth-order valence-corrected chi connectivity index (χ4v) is 1.03. The molecule has 0 bridgehead atoms. The molecule has 2 nitrogen and oxygen atoms in total. The number of rotatable bonds is 1. The largest absolute Gasteiger partial charge is 0.225 e. The molecule has 0 aliphatic rings. The second kappa shape index (κ2) is 3.56. The average molecular weight is 187 g/mol. The zero-order valence-electron chi connectivity index (χ0n) is 5.51. The zero-order valence-corrected chi connectivity index (χ0v) is 7.02. The monoisotopic (exact) mass is 186 g/mol.